The molecule has 18 heavy (non-hydrogen) atoms. The Labute approximate surface area is 106 Å². The number of nitrogens with zero attached hydrogens (tertiary/aromatic N) is 2. The summed E-state index contributed by atoms with van der Waals surface area (Å²) in [6, 6.07) is 3.32. The van der Waals surface area contributed by atoms with Gasteiger partial charge < -0.3 is 14.7 Å². The Hall–Kier alpha value is -1.62. The van der Waals surface area contributed by atoms with E-state index in [4.69, 9.17) is 9.84 Å². The lowest BCUT2D eigenvalue weighted by Gasteiger charge is -2.25. The van der Waals surface area contributed by atoms with Gasteiger partial charge in [-0.25, -0.2) is 4.98 Å². The van der Waals surface area contributed by atoms with E-state index in [9.17, 15) is 4.79 Å². The Bertz CT molecular complexity index is 418. The van der Waals surface area contributed by atoms with Crippen LogP contribution in [0.25, 0.3) is 0 Å². The fourth-order valence-corrected chi connectivity index (χ4v) is 1.74. The number of pyridine rings is 1. The number of aliphatic hydroxyl groups is 1. The Morgan fingerprint density at radius 1 is 1.61 bits per heavy atom. The van der Waals surface area contributed by atoms with E-state index in [2.05, 4.69) is 4.98 Å². The minimum atomic E-state index is -0.134. The number of carbonyl (C=O) groups is 1. The normalized spacial score (nSPS) is 15.0. The average Bonchev–Trinajstić information content (AvgIpc) is 2.34. The molecule has 1 aliphatic carbocycles. The van der Waals surface area contributed by atoms with Crippen molar-refractivity contribution in [3.63, 3.8) is 0 Å². The zero-order valence-electron chi connectivity index (χ0n) is 10.5. The lowest BCUT2D eigenvalue weighted by atomic mass is 9.96. The highest BCUT2D eigenvalue weighted by Gasteiger charge is 2.20. The Balaban J connectivity index is 2.03. The predicted octanol–water partition coefficient (Wildman–Crippen LogP) is 1.08. The molecule has 0 atom stereocenters. The highest BCUT2D eigenvalue weighted by Crippen LogP contribution is 2.24. The van der Waals surface area contributed by atoms with Gasteiger partial charge >= 0.3 is 0 Å². The molecule has 0 aromatic carbocycles. The number of rotatable bonds is 5. The van der Waals surface area contributed by atoms with Gasteiger partial charge in [0.1, 0.15) is 6.10 Å². The zero-order valence-corrected chi connectivity index (χ0v) is 10.5. The van der Waals surface area contributed by atoms with Gasteiger partial charge in [0, 0.05) is 31.4 Å². The van der Waals surface area contributed by atoms with Gasteiger partial charge in [-0.05, 0) is 25.3 Å². The Morgan fingerprint density at radius 2 is 2.39 bits per heavy atom. The number of carbonyl (C=O) groups excluding carboxylic acids is 1. The molecule has 0 unspecified atom stereocenters. The van der Waals surface area contributed by atoms with Gasteiger partial charge in [-0.2, -0.15) is 0 Å². The van der Waals surface area contributed by atoms with Crippen LogP contribution in [0.1, 0.15) is 29.6 Å². The van der Waals surface area contributed by atoms with Crippen molar-refractivity contribution in [1.29, 1.82) is 0 Å². The van der Waals surface area contributed by atoms with E-state index in [1.54, 1.807) is 25.4 Å². The molecular weight excluding hydrogens is 232 g/mol. The summed E-state index contributed by atoms with van der Waals surface area (Å²) in [7, 11) is 1.66. The maximum atomic E-state index is 12.0. The largest absolute Gasteiger partial charge is 0.474 e. The summed E-state index contributed by atoms with van der Waals surface area (Å²) in [4.78, 5) is 17.6. The number of likely N-dealkylation sites (N-methyl/N-ethyl adjacent to an activating group) is 1. The summed E-state index contributed by atoms with van der Waals surface area (Å²) >= 11 is 0. The van der Waals surface area contributed by atoms with Crippen LogP contribution in [0.2, 0.25) is 0 Å². The third kappa shape index (κ3) is 2.98. The molecule has 1 fully saturated rings. The first kappa shape index (κ1) is 12.8. The number of amides is 1. The lowest BCUT2D eigenvalue weighted by molar-refractivity contribution is 0.0764. The van der Waals surface area contributed by atoms with Gasteiger partial charge in [-0.15, -0.1) is 0 Å². The van der Waals surface area contributed by atoms with Crippen molar-refractivity contribution < 1.29 is 14.6 Å². The molecule has 1 aromatic heterocycles. The van der Waals surface area contributed by atoms with Crippen LogP contribution in [0.15, 0.2) is 18.3 Å². The molecule has 1 N–H and O–H groups in total. The van der Waals surface area contributed by atoms with Crippen LogP contribution >= 0.6 is 0 Å². The summed E-state index contributed by atoms with van der Waals surface area (Å²) < 4.78 is 5.65. The molecule has 98 valence electrons. The Kier molecular flexibility index (Phi) is 4.15. The van der Waals surface area contributed by atoms with Crippen molar-refractivity contribution >= 4 is 5.91 Å². The number of ether oxygens (including phenoxy) is 1. The zero-order chi connectivity index (χ0) is 13.0. The average molecular weight is 250 g/mol. The molecule has 1 aromatic rings. The van der Waals surface area contributed by atoms with E-state index >= 15 is 0 Å². The second kappa shape index (κ2) is 5.82. The monoisotopic (exact) mass is 250 g/mol. The summed E-state index contributed by atoms with van der Waals surface area (Å²) in [6.07, 6.45) is 5.14. The molecule has 0 spiro atoms. The summed E-state index contributed by atoms with van der Waals surface area (Å²) in [5.41, 5.74) is 0.537. The topological polar surface area (TPSA) is 62.7 Å². The van der Waals surface area contributed by atoms with E-state index < -0.39 is 0 Å². The summed E-state index contributed by atoms with van der Waals surface area (Å²) in [5.74, 6) is 0.368. The number of hydrogen-bond donors (Lipinski definition) is 1. The molecule has 1 heterocycles. The molecule has 5 nitrogen and oxygen atoms in total. The van der Waals surface area contributed by atoms with Crippen LogP contribution in [0.3, 0.4) is 0 Å². The SMILES string of the molecule is CN(CCO)C(=O)c1ccnc(OC2CCC2)c1. The molecule has 0 aliphatic heterocycles. The van der Waals surface area contributed by atoms with Gasteiger partial charge in [-0.1, -0.05) is 0 Å². The van der Waals surface area contributed by atoms with E-state index in [-0.39, 0.29) is 18.6 Å². The number of aromatic nitrogens is 1. The van der Waals surface area contributed by atoms with Crippen molar-refractivity contribution in [3.05, 3.63) is 23.9 Å². The van der Waals surface area contributed by atoms with E-state index in [1.807, 2.05) is 0 Å². The van der Waals surface area contributed by atoms with Crippen molar-refractivity contribution in [2.75, 3.05) is 20.2 Å². The smallest absolute Gasteiger partial charge is 0.253 e. The molecular formula is C13H18N2O3. The highest BCUT2D eigenvalue weighted by atomic mass is 16.5. The lowest BCUT2D eigenvalue weighted by Crippen LogP contribution is -2.29. The van der Waals surface area contributed by atoms with E-state index in [1.165, 1.54) is 11.3 Å². The predicted molar refractivity (Wildman–Crippen MR) is 66.6 cm³/mol. The maximum absolute atomic E-state index is 12.0. The van der Waals surface area contributed by atoms with Crippen LogP contribution in [-0.4, -0.2) is 47.2 Å². The molecule has 1 amide bonds. The van der Waals surface area contributed by atoms with Crippen LogP contribution in [-0.2, 0) is 0 Å². The number of hydrogen-bond acceptors (Lipinski definition) is 4. The van der Waals surface area contributed by atoms with Crippen LogP contribution in [0, 0.1) is 0 Å². The first-order valence-corrected chi connectivity index (χ1v) is 6.19. The van der Waals surface area contributed by atoms with Gasteiger partial charge in [0.15, 0.2) is 0 Å². The third-order valence-corrected chi connectivity index (χ3v) is 3.10. The molecule has 0 saturated heterocycles. The molecule has 1 aliphatic rings. The van der Waals surface area contributed by atoms with Gasteiger partial charge in [0.2, 0.25) is 5.88 Å². The molecule has 5 heteroatoms. The Morgan fingerprint density at radius 3 is 3.00 bits per heavy atom. The van der Waals surface area contributed by atoms with Crippen molar-refractivity contribution in [1.82, 2.24) is 9.88 Å². The molecule has 2 rings (SSSR count). The highest BCUT2D eigenvalue weighted by molar-refractivity contribution is 5.94. The van der Waals surface area contributed by atoms with Crippen LogP contribution < -0.4 is 4.74 Å². The van der Waals surface area contributed by atoms with Crippen molar-refractivity contribution in [2.24, 2.45) is 0 Å². The van der Waals surface area contributed by atoms with Crippen molar-refractivity contribution in [3.8, 4) is 5.88 Å². The summed E-state index contributed by atoms with van der Waals surface area (Å²) in [6.45, 7) is 0.277. The van der Waals surface area contributed by atoms with Crippen molar-refractivity contribution in [2.45, 2.75) is 25.4 Å². The fraction of sp³-hybridized carbons (Fsp3) is 0.538. The molecule has 0 radical (unpaired) electrons. The second-order valence-electron chi connectivity index (χ2n) is 4.50. The van der Waals surface area contributed by atoms with Crippen LogP contribution in [0.4, 0.5) is 0 Å². The van der Waals surface area contributed by atoms with Crippen LogP contribution in [0.5, 0.6) is 5.88 Å². The standard InChI is InChI=1S/C13H18N2O3/c1-15(7-8-16)13(17)10-5-6-14-12(9-10)18-11-3-2-4-11/h5-6,9,11,16H,2-4,7-8H2,1H3. The van der Waals surface area contributed by atoms with Gasteiger partial charge in [0.25, 0.3) is 5.91 Å². The quantitative estimate of drug-likeness (QED) is 0.849. The first-order valence-electron chi connectivity index (χ1n) is 6.19. The molecule has 1 saturated carbocycles. The van der Waals surface area contributed by atoms with Gasteiger partial charge in [0.05, 0.1) is 6.61 Å². The molecule has 0 bridgehead atoms. The minimum absolute atomic E-state index is 0.0429. The fourth-order valence-electron chi connectivity index (χ4n) is 1.74. The summed E-state index contributed by atoms with van der Waals surface area (Å²) in [5, 5.41) is 8.81. The first-order chi connectivity index (χ1) is 8.70. The third-order valence-electron chi connectivity index (χ3n) is 3.10. The van der Waals surface area contributed by atoms with E-state index in [0.717, 1.165) is 12.8 Å². The minimum Gasteiger partial charge on any atom is -0.474 e. The second-order valence-corrected chi connectivity index (χ2v) is 4.50. The van der Waals surface area contributed by atoms with E-state index in [0.29, 0.717) is 18.0 Å². The maximum Gasteiger partial charge on any atom is 0.253 e. The number of aliphatic hydroxyl groups excluding tert-OH is 1. The van der Waals surface area contributed by atoms with Gasteiger partial charge in [-0.3, -0.25) is 4.79 Å².